The summed E-state index contributed by atoms with van der Waals surface area (Å²) in [6.07, 6.45) is 4.45. The highest BCUT2D eigenvalue weighted by Gasteiger charge is 2.52. The Balaban J connectivity index is 1.35. The van der Waals surface area contributed by atoms with Crippen molar-refractivity contribution >= 4 is 27.4 Å². The Morgan fingerprint density at radius 3 is 2.29 bits per heavy atom. The van der Waals surface area contributed by atoms with E-state index >= 15 is 0 Å². The van der Waals surface area contributed by atoms with Crippen LogP contribution in [-0.2, 0) is 22.3 Å². The van der Waals surface area contributed by atoms with Crippen LogP contribution >= 0.6 is 0 Å². The Bertz CT molecular complexity index is 2000. The van der Waals surface area contributed by atoms with Crippen molar-refractivity contribution in [3.63, 3.8) is 0 Å². The van der Waals surface area contributed by atoms with E-state index in [-0.39, 0.29) is 24.6 Å². The second-order valence-electron chi connectivity index (χ2n) is 12.9. The lowest BCUT2D eigenvalue weighted by Gasteiger charge is -2.48. The second kappa shape index (κ2) is 12.1. The summed E-state index contributed by atoms with van der Waals surface area (Å²) in [5.74, 6) is 2.78. The molecule has 0 amide bonds. The van der Waals surface area contributed by atoms with Crippen LogP contribution in [0, 0.1) is 17.0 Å². The number of nitrogens with zero attached hydrogens (tertiary/aromatic N) is 4. The van der Waals surface area contributed by atoms with E-state index in [1.807, 2.05) is 10.4 Å². The zero-order valence-corrected chi connectivity index (χ0v) is 26.7. The Hall–Kier alpha value is -4.16. The number of hydrogen-bond donors (Lipinski definition) is 0. The van der Waals surface area contributed by atoms with Crippen LogP contribution in [0.3, 0.4) is 0 Å². The van der Waals surface area contributed by atoms with Gasteiger partial charge < -0.3 is 0 Å². The van der Waals surface area contributed by atoms with Crippen molar-refractivity contribution in [1.29, 1.82) is 0 Å². The maximum Gasteiger partial charge on any atom is 0.416 e. The third-order valence-electron chi connectivity index (χ3n) is 10.0. The molecule has 250 valence electrons. The lowest BCUT2D eigenvalue weighted by atomic mass is 9.60. The monoisotopic (exact) mass is 680 g/mol. The minimum Gasteiger partial charge on any atom is -0.291 e. The molecule has 2 saturated carbocycles. The van der Waals surface area contributed by atoms with Gasteiger partial charge in [0, 0.05) is 23.2 Å². The molecule has 2 aromatic carbocycles. The molecule has 0 saturated heterocycles. The summed E-state index contributed by atoms with van der Waals surface area (Å²) >= 11 is 0. The van der Waals surface area contributed by atoms with Gasteiger partial charge in [-0.2, -0.15) is 18.3 Å². The number of aromatic nitrogens is 3. The molecule has 0 spiro atoms. The summed E-state index contributed by atoms with van der Waals surface area (Å²) < 4.78 is 87.3. The normalized spacial score (nSPS) is 22.5. The number of Topliss-reactive ketones (excluding diaryl/α,β-unsaturated/α-hetero) is 1. The summed E-state index contributed by atoms with van der Waals surface area (Å²) in [7, 11) is -3.15. The van der Waals surface area contributed by atoms with Crippen LogP contribution in [-0.4, -0.2) is 47.0 Å². The van der Waals surface area contributed by atoms with E-state index in [2.05, 4.69) is 16.0 Å². The zero-order chi connectivity index (χ0) is 33.8. The lowest BCUT2D eigenvalue weighted by Crippen LogP contribution is -2.53. The van der Waals surface area contributed by atoms with E-state index in [9.17, 15) is 31.0 Å². The molecule has 2 heterocycles. The number of ketones is 1. The molecule has 1 unspecified atom stereocenters. The molecule has 3 aliphatic rings. The number of halogens is 5. The van der Waals surface area contributed by atoms with E-state index < -0.39 is 50.3 Å². The van der Waals surface area contributed by atoms with E-state index in [1.165, 1.54) is 36.4 Å². The summed E-state index contributed by atoms with van der Waals surface area (Å²) in [6.45, 7) is 0. The maximum absolute atomic E-state index is 14.7. The summed E-state index contributed by atoms with van der Waals surface area (Å²) in [6, 6.07) is 12.4. The summed E-state index contributed by atoms with van der Waals surface area (Å²) in [5, 5.41) is 4.55. The first kappa shape index (κ1) is 32.4. The van der Waals surface area contributed by atoms with Crippen molar-refractivity contribution in [2.24, 2.45) is 5.41 Å². The van der Waals surface area contributed by atoms with Crippen LogP contribution in [0.15, 0.2) is 83.5 Å². The molecule has 0 radical (unpaired) electrons. The first-order valence-electron chi connectivity index (χ1n) is 15.9. The van der Waals surface area contributed by atoms with Gasteiger partial charge >= 0.3 is 6.18 Å². The van der Waals surface area contributed by atoms with Gasteiger partial charge in [-0.05, 0) is 117 Å². The smallest absolute Gasteiger partial charge is 0.291 e. The van der Waals surface area contributed by atoms with Crippen LogP contribution in [0.25, 0.3) is 11.8 Å². The Labute approximate surface area is 275 Å². The number of fused-ring (bicyclic) bond motifs is 2. The Morgan fingerprint density at radius 2 is 1.62 bits per heavy atom. The van der Waals surface area contributed by atoms with Crippen LogP contribution in [0.5, 0.6) is 0 Å². The first-order chi connectivity index (χ1) is 22.9. The Morgan fingerprint density at radius 1 is 0.958 bits per heavy atom. The fourth-order valence-electron chi connectivity index (χ4n) is 7.77. The van der Waals surface area contributed by atoms with Crippen LogP contribution in [0.1, 0.15) is 72.3 Å². The average Bonchev–Trinajstić information content (AvgIpc) is 3.74. The number of pyridine rings is 1. The molecule has 0 bridgehead atoms. The van der Waals surface area contributed by atoms with E-state index in [1.54, 1.807) is 23.0 Å². The number of carbonyl (C=O) groups is 1. The van der Waals surface area contributed by atoms with Gasteiger partial charge in [-0.3, -0.25) is 9.78 Å². The van der Waals surface area contributed by atoms with Crippen molar-refractivity contribution in [1.82, 2.24) is 19.1 Å². The van der Waals surface area contributed by atoms with Crippen LogP contribution in [0.2, 0.25) is 0 Å². The summed E-state index contributed by atoms with van der Waals surface area (Å²) in [5.41, 5.74) is 0.167. The van der Waals surface area contributed by atoms with Gasteiger partial charge in [0.25, 0.3) is 0 Å². The number of carbonyl (C=O) groups excluding carboxylic acids is 1. The second-order valence-corrected chi connectivity index (χ2v) is 15.1. The fourth-order valence-corrected chi connectivity index (χ4v) is 9.93. The highest BCUT2D eigenvalue weighted by molar-refractivity contribution is 7.98. The molecule has 3 aliphatic carbocycles. The molecule has 0 aliphatic heterocycles. The molecule has 2 aromatic heterocycles. The standard InChI is InChI=1S/C36H33F5N4O2S/c1-48(47,31-14-9-27(38)10-15-31)45(29-4-2-3-5-29)30-11-6-24-19-33-23(22-43-44(33)28-12-7-26(37)8-13-28)20-35(24,21-30)34(46)32-18-25(16-17-42-32)36(39,40)41/h7-10,12-19,22,29-30H,1-6,11,20-21H2/t30-,35-,48?/m0/s1. The molecule has 6 nitrogen and oxygen atoms in total. The fraction of sp³-hybridized carbons (Fsp3) is 0.333. The van der Waals surface area contributed by atoms with Gasteiger partial charge in [-0.25, -0.2) is 22.0 Å². The Kier molecular flexibility index (Phi) is 8.14. The van der Waals surface area contributed by atoms with E-state index in [4.69, 9.17) is 0 Å². The van der Waals surface area contributed by atoms with Crippen molar-refractivity contribution in [3.8, 4) is 5.69 Å². The molecule has 2 fully saturated rings. The van der Waals surface area contributed by atoms with Crippen molar-refractivity contribution in [2.75, 3.05) is 0 Å². The third kappa shape index (κ3) is 5.68. The SMILES string of the molecule is C=S(=O)(c1ccc(F)cc1)N(C1CCCC1)[C@H]1CCC2=Cc3c(cnn3-c3ccc(F)cc3)C[C@]2(C(=O)c2cc(C(F)(F)F)ccn2)C1. The van der Waals surface area contributed by atoms with E-state index in [0.717, 1.165) is 49.6 Å². The molecule has 3 atom stereocenters. The van der Waals surface area contributed by atoms with Gasteiger partial charge in [-0.1, -0.05) is 18.4 Å². The molecular weight excluding hydrogens is 647 g/mol. The molecule has 12 heteroatoms. The molecule has 0 N–H and O–H groups in total. The number of alkyl halides is 3. The minimum atomic E-state index is -4.67. The first-order valence-corrected chi connectivity index (χ1v) is 17.6. The van der Waals surface area contributed by atoms with Crippen LogP contribution in [0.4, 0.5) is 22.0 Å². The van der Waals surface area contributed by atoms with Gasteiger partial charge in [0.15, 0.2) is 5.78 Å². The highest BCUT2D eigenvalue weighted by atomic mass is 32.2. The van der Waals surface area contributed by atoms with E-state index in [0.29, 0.717) is 34.7 Å². The van der Waals surface area contributed by atoms with Crippen LogP contribution < -0.4 is 0 Å². The molecule has 4 aromatic rings. The predicted molar refractivity (Wildman–Crippen MR) is 173 cm³/mol. The zero-order valence-electron chi connectivity index (χ0n) is 25.9. The third-order valence-corrected chi connectivity index (χ3v) is 12.3. The predicted octanol–water partition coefficient (Wildman–Crippen LogP) is 7.86. The lowest BCUT2D eigenvalue weighted by molar-refractivity contribution is -0.137. The van der Waals surface area contributed by atoms with Gasteiger partial charge in [0.2, 0.25) is 0 Å². The van der Waals surface area contributed by atoms with Gasteiger partial charge in [-0.15, -0.1) is 0 Å². The van der Waals surface area contributed by atoms with Crippen molar-refractivity contribution in [2.45, 2.75) is 74.5 Å². The highest BCUT2D eigenvalue weighted by Crippen LogP contribution is 2.52. The number of hydrogen-bond acceptors (Lipinski definition) is 4. The summed E-state index contributed by atoms with van der Waals surface area (Å²) in [4.78, 5) is 19.2. The number of rotatable bonds is 7. The quantitative estimate of drug-likeness (QED) is 0.113. The number of benzene rings is 2. The number of allylic oxidation sites excluding steroid dienone is 1. The largest absolute Gasteiger partial charge is 0.416 e. The van der Waals surface area contributed by atoms with Crippen molar-refractivity contribution < 1.29 is 31.0 Å². The molecular formula is C36H33F5N4O2S. The average molecular weight is 681 g/mol. The van der Waals surface area contributed by atoms with Gasteiger partial charge in [0.05, 0.1) is 38.3 Å². The minimum absolute atomic E-state index is 0.102. The van der Waals surface area contributed by atoms with Gasteiger partial charge in [0.1, 0.15) is 17.3 Å². The van der Waals surface area contributed by atoms with Crippen molar-refractivity contribution in [3.05, 3.63) is 113 Å². The molecule has 7 rings (SSSR count). The molecule has 48 heavy (non-hydrogen) atoms. The topological polar surface area (TPSA) is 68.1 Å². The maximum atomic E-state index is 14.7.